The Hall–Kier alpha value is -1.49. The summed E-state index contributed by atoms with van der Waals surface area (Å²) in [4.78, 5) is 20.8. The summed E-state index contributed by atoms with van der Waals surface area (Å²) in [5.74, 6) is 0. The minimum Gasteiger partial charge on any atom is -0.444 e. The molecule has 2 rings (SSSR count). The van der Waals surface area contributed by atoms with Crippen LogP contribution in [0.1, 0.15) is 47.0 Å². The molecule has 1 saturated heterocycles. The fraction of sp³-hybridized carbons (Fsp3) is 0.667. The molecule has 1 aliphatic heterocycles. The van der Waals surface area contributed by atoms with Crippen LogP contribution in [0.25, 0.3) is 0 Å². The highest BCUT2D eigenvalue weighted by Crippen LogP contribution is 2.37. The topological polar surface area (TPSA) is 45.7 Å². The molecule has 1 aromatic heterocycles. The van der Waals surface area contributed by atoms with Gasteiger partial charge in [0.1, 0.15) is 5.60 Å². The second-order valence-corrected chi connectivity index (χ2v) is 7.92. The number of likely N-dealkylation sites (N-methyl/N-ethyl adjacent to an activating group) is 1. The fourth-order valence-corrected chi connectivity index (χ4v) is 3.52. The van der Waals surface area contributed by atoms with Crippen LogP contribution < -0.4 is 4.90 Å². The number of rotatable bonds is 4. The van der Waals surface area contributed by atoms with E-state index in [9.17, 15) is 4.79 Å². The van der Waals surface area contributed by atoms with Crippen molar-refractivity contribution in [3.63, 3.8) is 0 Å². The van der Waals surface area contributed by atoms with Gasteiger partial charge in [-0.3, -0.25) is 4.98 Å². The number of hydrogen-bond donors (Lipinski definition) is 0. The number of anilines is 1. The zero-order valence-electron chi connectivity index (χ0n) is 15.3. The van der Waals surface area contributed by atoms with Crippen LogP contribution in [0.2, 0.25) is 5.02 Å². The Bertz CT molecular complexity index is 588. The van der Waals surface area contributed by atoms with E-state index >= 15 is 0 Å². The van der Waals surface area contributed by atoms with E-state index < -0.39 is 5.60 Å². The number of aromatic nitrogens is 1. The molecule has 24 heavy (non-hydrogen) atoms. The SMILES string of the molecule is CCCC1(N(C)C(=O)OC(C)(C)C)CCN(c2cnccc2Cl)C1. The summed E-state index contributed by atoms with van der Waals surface area (Å²) in [6.45, 7) is 9.40. The molecule has 5 nitrogen and oxygen atoms in total. The molecule has 0 radical (unpaired) electrons. The lowest BCUT2D eigenvalue weighted by Crippen LogP contribution is -2.52. The molecule has 1 unspecified atom stereocenters. The number of hydrogen-bond acceptors (Lipinski definition) is 4. The molecule has 0 bridgehead atoms. The van der Waals surface area contributed by atoms with Gasteiger partial charge in [0.2, 0.25) is 0 Å². The van der Waals surface area contributed by atoms with Crippen molar-refractivity contribution in [2.24, 2.45) is 0 Å². The maximum absolute atomic E-state index is 12.6. The first-order chi connectivity index (χ1) is 11.2. The van der Waals surface area contributed by atoms with Crippen molar-refractivity contribution < 1.29 is 9.53 Å². The van der Waals surface area contributed by atoms with Crippen LogP contribution in [0.4, 0.5) is 10.5 Å². The molecular formula is C18H28ClN3O2. The quantitative estimate of drug-likeness (QED) is 0.807. The Balaban J connectivity index is 2.20. The second-order valence-electron chi connectivity index (χ2n) is 7.51. The first kappa shape index (κ1) is 18.8. The molecule has 1 fully saturated rings. The molecule has 0 saturated carbocycles. The van der Waals surface area contributed by atoms with E-state index in [0.29, 0.717) is 5.02 Å². The van der Waals surface area contributed by atoms with Crippen LogP contribution in [-0.2, 0) is 4.74 Å². The third-order valence-electron chi connectivity index (χ3n) is 4.52. The van der Waals surface area contributed by atoms with Gasteiger partial charge in [0, 0.05) is 26.3 Å². The Kier molecular flexibility index (Phi) is 5.63. The monoisotopic (exact) mass is 353 g/mol. The average molecular weight is 354 g/mol. The predicted molar refractivity (Wildman–Crippen MR) is 97.7 cm³/mol. The number of pyridine rings is 1. The third-order valence-corrected chi connectivity index (χ3v) is 4.84. The molecule has 1 aromatic rings. The molecule has 1 atom stereocenters. The summed E-state index contributed by atoms with van der Waals surface area (Å²) in [5.41, 5.74) is 0.190. The number of carbonyl (C=O) groups excluding carboxylic acids is 1. The Morgan fingerprint density at radius 3 is 2.79 bits per heavy atom. The molecule has 6 heteroatoms. The van der Waals surface area contributed by atoms with Crippen LogP contribution in [0.5, 0.6) is 0 Å². The normalized spacial score (nSPS) is 21.0. The standard InChI is InChI=1S/C18H28ClN3O2/c1-6-8-18(21(5)16(23)24-17(2,3)4)9-11-22(13-18)15-12-20-10-7-14(15)19/h7,10,12H,6,8-9,11,13H2,1-5H3. The molecular weight excluding hydrogens is 326 g/mol. The van der Waals surface area contributed by atoms with Crippen molar-refractivity contribution in [1.29, 1.82) is 0 Å². The first-order valence-electron chi connectivity index (χ1n) is 8.50. The van der Waals surface area contributed by atoms with Gasteiger partial charge in [-0.2, -0.15) is 0 Å². The van der Waals surface area contributed by atoms with Crippen molar-refractivity contribution in [3.8, 4) is 0 Å². The van der Waals surface area contributed by atoms with Gasteiger partial charge < -0.3 is 14.5 Å². The molecule has 0 N–H and O–H groups in total. The maximum Gasteiger partial charge on any atom is 0.410 e. The van der Waals surface area contributed by atoms with Gasteiger partial charge in [0.25, 0.3) is 0 Å². The van der Waals surface area contributed by atoms with E-state index in [2.05, 4.69) is 16.8 Å². The number of ether oxygens (including phenoxy) is 1. The van der Waals surface area contributed by atoms with Crippen molar-refractivity contribution in [2.45, 2.75) is 58.1 Å². The van der Waals surface area contributed by atoms with Crippen molar-refractivity contribution in [1.82, 2.24) is 9.88 Å². The summed E-state index contributed by atoms with van der Waals surface area (Å²) in [7, 11) is 1.85. The summed E-state index contributed by atoms with van der Waals surface area (Å²) in [6.07, 6.45) is 6.03. The Morgan fingerprint density at radius 1 is 1.50 bits per heavy atom. The lowest BCUT2D eigenvalue weighted by atomic mass is 9.91. The highest BCUT2D eigenvalue weighted by atomic mass is 35.5. The molecule has 0 aromatic carbocycles. The lowest BCUT2D eigenvalue weighted by molar-refractivity contribution is 0.00686. The van der Waals surface area contributed by atoms with Crippen LogP contribution >= 0.6 is 11.6 Å². The molecule has 1 amide bonds. The number of amides is 1. The highest BCUT2D eigenvalue weighted by Gasteiger charge is 2.44. The van der Waals surface area contributed by atoms with E-state index in [0.717, 1.165) is 38.0 Å². The molecule has 0 spiro atoms. The van der Waals surface area contributed by atoms with Crippen LogP contribution in [0, 0.1) is 0 Å². The van der Waals surface area contributed by atoms with Crippen molar-refractivity contribution in [2.75, 3.05) is 25.0 Å². The number of carbonyl (C=O) groups is 1. The number of halogens is 1. The van der Waals surface area contributed by atoms with E-state index in [1.807, 2.05) is 27.8 Å². The highest BCUT2D eigenvalue weighted by molar-refractivity contribution is 6.33. The maximum atomic E-state index is 12.6. The van der Waals surface area contributed by atoms with E-state index in [1.165, 1.54) is 0 Å². The Morgan fingerprint density at radius 2 is 2.21 bits per heavy atom. The molecule has 134 valence electrons. The van der Waals surface area contributed by atoms with Crippen LogP contribution in [0.15, 0.2) is 18.5 Å². The Labute approximate surface area is 149 Å². The van der Waals surface area contributed by atoms with Gasteiger partial charge in [-0.1, -0.05) is 24.9 Å². The van der Waals surface area contributed by atoms with Crippen LogP contribution in [0.3, 0.4) is 0 Å². The van der Waals surface area contributed by atoms with Crippen LogP contribution in [-0.4, -0.2) is 47.3 Å². The summed E-state index contributed by atoms with van der Waals surface area (Å²) < 4.78 is 5.58. The minimum absolute atomic E-state index is 0.240. The summed E-state index contributed by atoms with van der Waals surface area (Å²) >= 11 is 6.32. The largest absolute Gasteiger partial charge is 0.444 e. The van der Waals surface area contributed by atoms with Crippen molar-refractivity contribution >= 4 is 23.4 Å². The first-order valence-corrected chi connectivity index (χ1v) is 8.87. The van der Waals surface area contributed by atoms with Gasteiger partial charge >= 0.3 is 6.09 Å². The fourth-order valence-electron chi connectivity index (χ4n) is 3.30. The molecule has 0 aliphatic carbocycles. The summed E-state index contributed by atoms with van der Waals surface area (Å²) in [6, 6.07) is 1.80. The summed E-state index contributed by atoms with van der Waals surface area (Å²) in [5, 5.41) is 0.692. The smallest absolute Gasteiger partial charge is 0.410 e. The zero-order chi connectivity index (χ0) is 18.0. The number of nitrogens with zero attached hydrogens (tertiary/aromatic N) is 3. The predicted octanol–water partition coefficient (Wildman–Crippen LogP) is 4.35. The van der Waals surface area contributed by atoms with E-state index in [-0.39, 0.29) is 11.6 Å². The van der Waals surface area contributed by atoms with E-state index in [1.54, 1.807) is 23.4 Å². The zero-order valence-corrected chi connectivity index (χ0v) is 16.1. The molecule has 1 aliphatic rings. The van der Waals surface area contributed by atoms with Gasteiger partial charge in [-0.15, -0.1) is 0 Å². The van der Waals surface area contributed by atoms with Gasteiger partial charge in [0.05, 0.1) is 22.4 Å². The third kappa shape index (κ3) is 4.12. The average Bonchev–Trinajstić information content (AvgIpc) is 2.91. The molecule has 2 heterocycles. The van der Waals surface area contributed by atoms with Gasteiger partial charge in [-0.05, 0) is 39.7 Å². The lowest BCUT2D eigenvalue weighted by Gasteiger charge is -2.39. The van der Waals surface area contributed by atoms with Gasteiger partial charge in [-0.25, -0.2) is 4.79 Å². The van der Waals surface area contributed by atoms with E-state index in [4.69, 9.17) is 16.3 Å². The minimum atomic E-state index is -0.496. The van der Waals surface area contributed by atoms with Crippen molar-refractivity contribution in [3.05, 3.63) is 23.5 Å². The second kappa shape index (κ2) is 7.18. The van der Waals surface area contributed by atoms with Gasteiger partial charge in [0.15, 0.2) is 0 Å².